The van der Waals surface area contributed by atoms with Gasteiger partial charge in [0.15, 0.2) is 0 Å². The van der Waals surface area contributed by atoms with Gasteiger partial charge in [-0.2, -0.15) is 0 Å². The van der Waals surface area contributed by atoms with Crippen LogP contribution in [0.25, 0.3) is 11.0 Å². The smallest absolute Gasteiger partial charge is 0.323 e. The van der Waals surface area contributed by atoms with Gasteiger partial charge in [0.05, 0.1) is 11.0 Å². The molecule has 1 heterocycles. The van der Waals surface area contributed by atoms with Crippen LogP contribution in [0.4, 0.5) is 0 Å². The van der Waals surface area contributed by atoms with E-state index in [-0.39, 0.29) is 12.5 Å². The number of carbonyl (C=O) groups is 1. The lowest BCUT2D eigenvalue weighted by Crippen LogP contribution is -2.16. The summed E-state index contributed by atoms with van der Waals surface area (Å²) < 4.78 is 1.84. The van der Waals surface area contributed by atoms with Crippen LogP contribution in [0.3, 0.4) is 0 Å². The molecule has 1 aromatic carbocycles. The van der Waals surface area contributed by atoms with Crippen molar-refractivity contribution < 1.29 is 9.90 Å². The van der Waals surface area contributed by atoms with Crippen molar-refractivity contribution in [1.29, 1.82) is 0 Å². The van der Waals surface area contributed by atoms with Gasteiger partial charge in [-0.05, 0) is 43.0 Å². The summed E-state index contributed by atoms with van der Waals surface area (Å²) in [4.78, 5) is 15.8. The van der Waals surface area contributed by atoms with Gasteiger partial charge in [0.1, 0.15) is 12.4 Å². The second kappa shape index (κ2) is 5.27. The molecule has 0 fully saturated rings. The molecule has 2 aromatic rings. The first-order valence-corrected chi connectivity index (χ1v) is 7.00. The first-order chi connectivity index (χ1) is 9.31. The number of benzene rings is 1. The summed E-state index contributed by atoms with van der Waals surface area (Å²) in [5, 5.41) is 9.16. The Morgan fingerprint density at radius 2 is 1.85 bits per heavy atom. The normalized spacial score (nSPS) is 13.1. The lowest BCUT2D eigenvalue weighted by Gasteiger charge is -2.16. The summed E-state index contributed by atoms with van der Waals surface area (Å²) in [6.45, 7) is 10.4. The van der Waals surface area contributed by atoms with Crippen molar-refractivity contribution in [3.63, 3.8) is 0 Å². The molecule has 2 rings (SSSR count). The highest BCUT2D eigenvalue weighted by Crippen LogP contribution is 2.28. The molecule has 0 aliphatic heterocycles. The third-order valence-electron chi connectivity index (χ3n) is 4.09. The fraction of sp³-hybridized carbons (Fsp3) is 0.500. The number of aromatic nitrogens is 2. The molecule has 4 nitrogen and oxygen atoms in total. The summed E-state index contributed by atoms with van der Waals surface area (Å²) in [6.07, 6.45) is 0. The van der Waals surface area contributed by atoms with E-state index in [1.54, 1.807) is 0 Å². The lowest BCUT2D eigenvalue weighted by molar-refractivity contribution is -0.137. The third-order valence-corrected chi connectivity index (χ3v) is 4.09. The molecule has 1 N–H and O–H groups in total. The van der Waals surface area contributed by atoms with Gasteiger partial charge in [-0.15, -0.1) is 0 Å². The van der Waals surface area contributed by atoms with Gasteiger partial charge in [0.2, 0.25) is 0 Å². The molecule has 0 radical (unpaired) electrons. The molecule has 1 atom stereocenters. The van der Waals surface area contributed by atoms with Gasteiger partial charge in [-0.25, -0.2) is 4.98 Å². The van der Waals surface area contributed by atoms with Gasteiger partial charge in [-0.1, -0.05) is 20.8 Å². The summed E-state index contributed by atoms with van der Waals surface area (Å²) in [5.41, 5.74) is 4.14. The summed E-state index contributed by atoms with van der Waals surface area (Å²) >= 11 is 0. The largest absolute Gasteiger partial charge is 0.480 e. The summed E-state index contributed by atoms with van der Waals surface area (Å²) in [7, 11) is 0. The number of carboxylic acid groups (broad SMARTS) is 1. The maximum Gasteiger partial charge on any atom is 0.323 e. The Labute approximate surface area is 119 Å². The molecular weight excluding hydrogens is 252 g/mol. The zero-order chi connectivity index (χ0) is 15.0. The SMILES string of the molecule is Cc1cc2nc(C(C)C(C)C)n(CC(=O)O)c2cc1C. The summed E-state index contributed by atoms with van der Waals surface area (Å²) in [6, 6.07) is 4.08. The van der Waals surface area contributed by atoms with E-state index in [9.17, 15) is 4.79 Å². The number of rotatable bonds is 4. The van der Waals surface area contributed by atoms with Crippen molar-refractivity contribution in [2.45, 2.75) is 47.1 Å². The monoisotopic (exact) mass is 274 g/mol. The van der Waals surface area contributed by atoms with Crippen LogP contribution in [0, 0.1) is 19.8 Å². The second-order valence-electron chi connectivity index (χ2n) is 5.91. The van der Waals surface area contributed by atoms with Crippen LogP contribution in [0.5, 0.6) is 0 Å². The molecule has 0 aliphatic rings. The van der Waals surface area contributed by atoms with Crippen molar-refractivity contribution >= 4 is 17.0 Å². The molecule has 20 heavy (non-hydrogen) atoms. The van der Waals surface area contributed by atoms with Crippen LogP contribution >= 0.6 is 0 Å². The maximum atomic E-state index is 11.2. The van der Waals surface area contributed by atoms with E-state index < -0.39 is 5.97 Å². The lowest BCUT2D eigenvalue weighted by atomic mass is 9.97. The fourth-order valence-corrected chi connectivity index (χ4v) is 2.35. The molecule has 1 aromatic heterocycles. The standard InChI is InChI=1S/C16H22N2O2/c1-9(2)12(5)16-17-13-6-10(3)11(4)7-14(13)18(16)8-15(19)20/h6-7,9,12H,8H2,1-5H3,(H,19,20). The van der Waals surface area contributed by atoms with Gasteiger partial charge in [-0.3, -0.25) is 4.79 Å². The highest BCUT2D eigenvalue weighted by atomic mass is 16.4. The molecule has 108 valence electrons. The number of aryl methyl sites for hydroxylation is 2. The minimum absolute atomic E-state index is 0.0363. The average molecular weight is 274 g/mol. The van der Waals surface area contributed by atoms with Gasteiger partial charge in [0, 0.05) is 5.92 Å². The van der Waals surface area contributed by atoms with Crippen molar-refractivity contribution in [3.05, 3.63) is 29.1 Å². The Balaban J connectivity index is 2.69. The van der Waals surface area contributed by atoms with E-state index >= 15 is 0 Å². The number of nitrogens with zero attached hydrogens (tertiary/aromatic N) is 2. The minimum Gasteiger partial charge on any atom is -0.480 e. The number of aliphatic carboxylic acids is 1. The van der Waals surface area contributed by atoms with E-state index in [1.165, 1.54) is 5.56 Å². The molecule has 0 saturated heterocycles. The molecule has 0 saturated carbocycles. The first-order valence-electron chi connectivity index (χ1n) is 7.00. The molecule has 0 spiro atoms. The number of carboxylic acids is 1. The van der Waals surface area contributed by atoms with Gasteiger partial charge < -0.3 is 9.67 Å². The quantitative estimate of drug-likeness (QED) is 0.928. The Morgan fingerprint density at radius 1 is 1.25 bits per heavy atom. The van der Waals surface area contributed by atoms with E-state index in [0.717, 1.165) is 22.4 Å². The molecule has 0 aliphatic carbocycles. The topological polar surface area (TPSA) is 55.1 Å². The molecular formula is C16H22N2O2. The molecule has 4 heteroatoms. The Bertz CT molecular complexity index is 656. The molecule has 0 bridgehead atoms. The molecule has 1 unspecified atom stereocenters. The van der Waals surface area contributed by atoms with E-state index in [2.05, 4.69) is 32.7 Å². The van der Waals surface area contributed by atoms with Crippen LogP contribution in [0.2, 0.25) is 0 Å². The highest BCUT2D eigenvalue weighted by molar-refractivity contribution is 5.80. The van der Waals surface area contributed by atoms with Crippen molar-refractivity contribution in [1.82, 2.24) is 9.55 Å². The Kier molecular flexibility index (Phi) is 3.84. The van der Waals surface area contributed by atoms with E-state index in [0.29, 0.717) is 5.92 Å². The maximum absolute atomic E-state index is 11.2. The third kappa shape index (κ3) is 2.55. The second-order valence-corrected chi connectivity index (χ2v) is 5.91. The number of imidazole rings is 1. The number of hydrogen-bond acceptors (Lipinski definition) is 2. The van der Waals surface area contributed by atoms with E-state index in [1.807, 2.05) is 23.6 Å². The van der Waals surface area contributed by atoms with Crippen molar-refractivity contribution in [2.24, 2.45) is 5.92 Å². The van der Waals surface area contributed by atoms with Crippen molar-refractivity contribution in [2.75, 3.05) is 0 Å². The fourth-order valence-electron chi connectivity index (χ4n) is 2.35. The van der Waals surface area contributed by atoms with E-state index in [4.69, 9.17) is 5.11 Å². The van der Waals surface area contributed by atoms with Crippen LogP contribution in [-0.4, -0.2) is 20.6 Å². The zero-order valence-corrected chi connectivity index (χ0v) is 12.8. The summed E-state index contributed by atoms with van der Waals surface area (Å²) in [5.74, 6) is 0.672. The zero-order valence-electron chi connectivity index (χ0n) is 12.8. The highest BCUT2D eigenvalue weighted by Gasteiger charge is 2.21. The number of fused-ring (bicyclic) bond motifs is 1. The van der Waals surface area contributed by atoms with Crippen LogP contribution in [-0.2, 0) is 11.3 Å². The predicted octanol–water partition coefficient (Wildman–Crippen LogP) is 3.50. The van der Waals surface area contributed by atoms with Crippen molar-refractivity contribution in [3.8, 4) is 0 Å². The predicted molar refractivity (Wildman–Crippen MR) is 80.1 cm³/mol. The van der Waals surface area contributed by atoms with Crippen LogP contribution < -0.4 is 0 Å². The minimum atomic E-state index is -0.834. The van der Waals surface area contributed by atoms with Crippen LogP contribution in [0.1, 0.15) is 43.6 Å². The Morgan fingerprint density at radius 3 is 2.40 bits per heavy atom. The average Bonchev–Trinajstić information content (AvgIpc) is 2.67. The molecule has 0 amide bonds. The number of hydrogen-bond donors (Lipinski definition) is 1. The van der Waals surface area contributed by atoms with Gasteiger partial charge in [0.25, 0.3) is 0 Å². The van der Waals surface area contributed by atoms with Gasteiger partial charge >= 0.3 is 5.97 Å². The first kappa shape index (κ1) is 14.6. The van der Waals surface area contributed by atoms with Crippen LogP contribution in [0.15, 0.2) is 12.1 Å². The Hall–Kier alpha value is -1.84.